The average Bonchev–Trinajstić information content (AvgIpc) is 3.21. The molecule has 0 aliphatic carbocycles. The van der Waals surface area contributed by atoms with Gasteiger partial charge in [0.25, 0.3) is 0 Å². The molecule has 0 bridgehead atoms. The largest absolute Gasteiger partial charge is 0.366 e. The van der Waals surface area contributed by atoms with Crippen LogP contribution in [0.25, 0.3) is 11.0 Å². The van der Waals surface area contributed by atoms with Gasteiger partial charge in [0.15, 0.2) is 0 Å². The van der Waals surface area contributed by atoms with Gasteiger partial charge in [-0.25, -0.2) is 17.8 Å². The normalized spacial score (nSPS) is 20.8. The zero-order valence-corrected chi connectivity index (χ0v) is 16.7. The highest BCUT2D eigenvalue weighted by Crippen LogP contribution is 2.26. The topological polar surface area (TPSA) is 64.4 Å². The first-order valence-electron chi connectivity index (χ1n) is 8.78. The van der Waals surface area contributed by atoms with Crippen molar-refractivity contribution in [3.63, 3.8) is 0 Å². The number of fused-ring (bicyclic) bond motifs is 1. The molecule has 0 radical (unpaired) electrons. The van der Waals surface area contributed by atoms with Crippen LogP contribution < -0.4 is 0 Å². The first-order valence-corrected chi connectivity index (χ1v) is 10.6. The van der Waals surface area contributed by atoms with Gasteiger partial charge in [-0.3, -0.25) is 0 Å². The molecule has 1 aromatic heterocycles. The number of ether oxygens (including phenoxy) is 1. The molecule has 2 aromatic carbocycles. The van der Waals surface area contributed by atoms with Gasteiger partial charge in [0.1, 0.15) is 24.7 Å². The third-order valence-corrected chi connectivity index (χ3v) is 7.02. The number of rotatable bonds is 5. The van der Waals surface area contributed by atoms with Crippen LogP contribution in [0.3, 0.4) is 0 Å². The van der Waals surface area contributed by atoms with Gasteiger partial charge >= 0.3 is 0 Å². The number of para-hydroxylation sites is 2. The summed E-state index contributed by atoms with van der Waals surface area (Å²) >= 11 is 5.81. The predicted molar refractivity (Wildman–Crippen MR) is 104 cm³/mol. The maximum absolute atomic E-state index is 14.5. The molecular formula is C19H19ClFN3O3S. The molecule has 9 heteroatoms. The Morgan fingerprint density at radius 3 is 2.61 bits per heavy atom. The van der Waals surface area contributed by atoms with Crippen LogP contribution in [0, 0.1) is 0 Å². The fourth-order valence-electron chi connectivity index (χ4n) is 3.32. The van der Waals surface area contributed by atoms with Crippen LogP contribution in [-0.4, -0.2) is 47.6 Å². The highest BCUT2D eigenvalue weighted by Gasteiger charge is 2.40. The lowest BCUT2D eigenvalue weighted by Crippen LogP contribution is -2.30. The fourth-order valence-corrected chi connectivity index (χ4v) is 4.90. The van der Waals surface area contributed by atoms with Crippen molar-refractivity contribution in [2.24, 2.45) is 7.05 Å². The smallest absolute Gasteiger partial charge is 0.243 e. The standard InChI is InChI=1S/C19H19ClFN3O3S/c1-23-17-5-3-2-4-16(17)22-19(23)12-27-18-11-24(10-15(18)21)28(25,26)14-8-6-13(20)7-9-14/h2-9,15,18H,10-12H2,1H3. The molecule has 2 unspecified atom stereocenters. The van der Waals surface area contributed by atoms with Gasteiger partial charge in [-0.05, 0) is 36.4 Å². The number of aryl methyl sites for hydroxylation is 1. The van der Waals surface area contributed by atoms with E-state index in [1.807, 2.05) is 35.9 Å². The predicted octanol–water partition coefficient (Wildman–Crippen LogP) is 3.15. The minimum Gasteiger partial charge on any atom is -0.366 e. The molecular weight excluding hydrogens is 405 g/mol. The van der Waals surface area contributed by atoms with Crippen LogP contribution in [0.5, 0.6) is 0 Å². The van der Waals surface area contributed by atoms with Crippen LogP contribution >= 0.6 is 11.6 Å². The number of hydrogen-bond donors (Lipinski definition) is 0. The van der Waals surface area contributed by atoms with Gasteiger partial charge < -0.3 is 9.30 Å². The molecule has 1 aliphatic rings. The van der Waals surface area contributed by atoms with Crippen molar-refractivity contribution >= 4 is 32.7 Å². The third kappa shape index (κ3) is 3.53. The number of hydrogen-bond acceptors (Lipinski definition) is 4. The lowest BCUT2D eigenvalue weighted by atomic mass is 10.3. The van der Waals surface area contributed by atoms with Gasteiger partial charge in [0.2, 0.25) is 10.0 Å². The van der Waals surface area contributed by atoms with Crippen molar-refractivity contribution in [1.29, 1.82) is 0 Å². The van der Waals surface area contributed by atoms with Gasteiger partial charge in [-0.2, -0.15) is 4.31 Å². The summed E-state index contributed by atoms with van der Waals surface area (Å²) in [6, 6.07) is 13.5. The number of halogens is 2. The van der Waals surface area contributed by atoms with Crippen LogP contribution in [-0.2, 0) is 28.4 Å². The number of aromatic nitrogens is 2. The van der Waals surface area contributed by atoms with E-state index in [0.29, 0.717) is 10.8 Å². The molecule has 6 nitrogen and oxygen atoms in total. The summed E-state index contributed by atoms with van der Waals surface area (Å²) in [6.45, 7) is -0.181. The minimum absolute atomic E-state index is 0.0456. The second kappa shape index (κ2) is 7.44. The van der Waals surface area contributed by atoms with E-state index < -0.39 is 22.3 Å². The Kier molecular flexibility index (Phi) is 5.13. The van der Waals surface area contributed by atoms with Gasteiger partial charge in [-0.15, -0.1) is 0 Å². The lowest BCUT2D eigenvalue weighted by molar-refractivity contribution is 0.00895. The first kappa shape index (κ1) is 19.3. The van der Waals surface area contributed by atoms with Crippen LogP contribution in [0.4, 0.5) is 4.39 Å². The number of benzene rings is 2. The maximum atomic E-state index is 14.5. The summed E-state index contributed by atoms with van der Waals surface area (Å²) in [7, 11) is -1.93. The molecule has 4 rings (SSSR count). The van der Waals surface area contributed by atoms with E-state index in [9.17, 15) is 12.8 Å². The van der Waals surface area contributed by atoms with Crippen molar-refractivity contribution < 1.29 is 17.5 Å². The second-order valence-electron chi connectivity index (χ2n) is 6.72. The number of alkyl halides is 1. The van der Waals surface area contributed by atoms with Gasteiger partial charge in [0.05, 0.1) is 15.9 Å². The molecule has 0 saturated carbocycles. The van der Waals surface area contributed by atoms with Crippen LogP contribution in [0.15, 0.2) is 53.4 Å². The molecule has 0 spiro atoms. The van der Waals surface area contributed by atoms with E-state index in [0.717, 1.165) is 15.3 Å². The van der Waals surface area contributed by atoms with Crippen molar-refractivity contribution in [2.45, 2.75) is 23.8 Å². The van der Waals surface area contributed by atoms with Crippen molar-refractivity contribution in [1.82, 2.24) is 13.9 Å². The Hall–Kier alpha value is -2.00. The molecule has 1 fully saturated rings. The molecule has 28 heavy (non-hydrogen) atoms. The Labute approximate surface area is 167 Å². The maximum Gasteiger partial charge on any atom is 0.243 e. The summed E-state index contributed by atoms with van der Waals surface area (Å²) in [4.78, 5) is 4.58. The Balaban J connectivity index is 1.46. The summed E-state index contributed by atoms with van der Waals surface area (Å²) < 4.78 is 48.6. The van der Waals surface area contributed by atoms with Gasteiger partial charge in [0, 0.05) is 25.2 Å². The third-order valence-electron chi connectivity index (χ3n) is 4.92. The number of imidazole rings is 1. The molecule has 2 atom stereocenters. The number of nitrogens with zero attached hydrogens (tertiary/aromatic N) is 3. The van der Waals surface area contributed by atoms with Crippen molar-refractivity contribution in [3.8, 4) is 0 Å². The summed E-state index contributed by atoms with van der Waals surface area (Å²) in [5.41, 5.74) is 1.79. The Bertz CT molecular complexity index is 1100. The molecule has 0 N–H and O–H groups in total. The zero-order chi connectivity index (χ0) is 19.9. The van der Waals surface area contributed by atoms with E-state index in [1.54, 1.807) is 0 Å². The van der Waals surface area contributed by atoms with Crippen LogP contribution in [0.2, 0.25) is 5.02 Å². The second-order valence-corrected chi connectivity index (χ2v) is 9.09. The van der Waals surface area contributed by atoms with E-state index in [-0.39, 0.29) is 24.6 Å². The van der Waals surface area contributed by atoms with E-state index in [2.05, 4.69) is 4.98 Å². The highest BCUT2D eigenvalue weighted by atomic mass is 35.5. The SMILES string of the molecule is Cn1c(COC2CN(S(=O)(=O)c3ccc(Cl)cc3)CC2F)nc2ccccc21. The van der Waals surface area contributed by atoms with Crippen molar-refractivity contribution in [3.05, 3.63) is 59.4 Å². The lowest BCUT2D eigenvalue weighted by Gasteiger charge is -2.16. The van der Waals surface area contributed by atoms with Gasteiger partial charge in [-0.1, -0.05) is 23.7 Å². The Morgan fingerprint density at radius 1 is 1.18 bits per heavy atom. The monoisotopic (exact) mass is 423 g/mol. The summed E-state index contributed by atoms with van der Waals surface area (Å²) in [5, 5.41) is 0.437. The van der Waals surface area contributed by atoms with Crippen LogP contribution in [0.1, 0.15) is 5.82 Å². The quantitative estimate of drug-likeness (QED) is 0.632. The van der Waals surface area contributed by atoms with E-state index in [1.165, 1.54) is 24.3 Å². The average molecular weight is 424 g/mol. The molecule has 148 valence electrons. The Morgan fingerprint density at radius 2 is 1.89 bits per heavy atom. The highest BCUT2D eigenvalue weighted by molar-refractivity contribution is 7.89. The van der Waals surface area contributed by atoms with E-state index in [4.69, 9.17) is 16.3 Å². The molecule has 2 heterocycles. The fraction of sp³-hybridized carbons (Fsp3) is 0.316. The molecule has 1 aliphatic heterocycles. The van der Waals surface area contributed by atoms with Crippen molar-refractivity contribution in [2.75, 3.05) is 13.1 Å². The summed E-state index contributed by atoms with van der Waals surface area (Å²) in [6.07, 6.45) is -2.25. The first-order chi connectivity index (χ1) is 13.4. The molecule has 3 aromatic rings. The van der Waals surface area contributed by atoms with E-state index >= 15 is 0 Å². The zero-order valence-electron chi connectivity index (χ0n) is 15.1. The molecule has 0 amide bonds. The number of sulfonamides is 1. The molecule has 1 saturated heterocycles. The summed E-state index contributed by atoms with van der Waals surface area (Å²) in [5.74, 6) is 0.660. The minimum atomic E-state index is -3.80.